The molecule has 8 heteroatoms. The highest BCUT2D eigenvalue weighted by Crippen LogP contribution is 2.46. The second-order valence-corrected chi connectivity index (χ2v) is 9.67. The van der Waals surface area contributed by atoms with Gasteiger partial charge in [-0.05, 0) is 59.2 Å². The molecule has 0 spiro atoms. The monoisotopic (exact) mass is 536 g/mol. The Labute approximate surface area is 229 Å². The molecule has 1 atom stereocenters. The molecule has 0 radical (unpaired) electrons. The summed E-state index contributed by atoms with van der Waals surface area (Å²) >= 11 is 1.10. The molecule has 0 aliphatic carbocycles. The quantitative estimate of drug-likeness (QED) is 0.255. The molecular formula is C31H24N2O5S. The topological polar surface area (TPSA) is 90.8 Å². The summed E-state index contributed by atoms with van der Waals surface area (Å²) in [5.41, 5.74) is 4.99. The van der Waals surface area contributed by atoms with E-state index in [0.717, 1.165) is 28.4 Å². The minimum absolute atomic E-state index is 0.223. The number of benzene rings is 4. The van der Waals surface area contributed by atoms with Gasteiger partial charge in [0.05, 0.1) is 24.4 Å². The van der Waals surface area contributed by atoms with Gasteiger partial charge in [0, 0.05) is 17.6 Å². The molecule has 5 aromatic rings. The first-order chi connectivity index (χ1) is 19.0. The van der Waals surface area contributed by atoms with Crippen LogP contribution in [0.5, 0.6) is 11.5 Å². The summed E-state index contributed by atoms with van der Waals surface area (Å²) in [7, 11) is 1.59. The van der Waals surface area contributed by atoms with Crippen LogP contribution in [0.15, 0.2) is 103 Å². The van der Waals surface area contributed by atoms with Crippen LogP contribution in [0.25, 0.3) is 16.6 Å². The fraction of sp³-hybridized carbons (Fsp3) is 0.129. The second-order valence-electron chi connectivity index (χ2n) is 9.14. The Morgan fingerprint density at radius 1 is 0.897 bits per heavy atom. The molecule has 1 aliphatic heterocycles. The number of methoxy groups -OCH3 is 1. The molecule has 4 aromatic carbocycles. The van der Waals surface area contributed by atoms with Gasteiger partial charge in [-0.15, -0.1) is 0 Å². The number of nitrogens with zero attached hydrogens (tertiary/aromatic N) is 2. The normalized spacial score (nSPS) is 16.9. The summed E-state index contributed by atoms with van der Waals surface area (Å²) in [6, 6.07) is 29.7. The van der Waals surface area contributed by atoms with Crippen molar-refractivity contribution >= 4 is 34.3 Å². The average molecular weight is 537 g/mol. The number of fused-ring (bicyclic) bond motifs is 1. The highest BCUT2D eigenvalue weighted by Gasteiger charge is 2.48. The molecule has 194 valence electrons. The first-order valence-electron chi connectivity index (χ1n) is 12.4. The fourth-order valence-corrected chi connectivity index (χ4v) is 5.29. The molecule has 2 heterocycles. The Morgan fingerprint density at radius 3 is 2.44 bits per heavy atom. The molecule has 1 aliphatic rings. The summed E-state index contributed by atoms with van der Waals surface area (Å²) in [6.45, 7) is 0.413. The zero-order valence-corrected chi connectivity index (χ0v) is 21.9. The van der Waals surface area contributed by atoms with Crippen molar-refractivity contribution in [3.63, 3.8) is 0 Å². The minimum atomic E-state index is -1.99. The number of carbonyl (C=O) groups excluding carboxylic acids is 1. The number of aliphatic hydroxyl groups is 1. The van der Waals surface area contributed by atoms with Crippen LogP contribution >= 0.6 is 11.7 Å². The predicted octanol–water partition coefficient (Wildman–Crippen LogP) is 5.68. The smallest absolute Gasteiger partial charge is 0.342 e. The van der Waals surface area contributed by atoms with Crippen molar-refractivity contribution < 1.29 is 24.1 Å². The van der Waals surface area contributed by atoms with E-state index in [1.54, 1.807) is 43.5 Å². The van der Waals surface area contributed by atoms with Gasteiger partial charge < -0.3 is 19.3 Å². The van der Waals surface area contributed by atoms with Crippen LogP contribution in [0.1, 0.15) is 22.3 Å². The van der Waals surface area contributed by atoms with E-state index in [1.165, 1.54) is 0 Å². The Morgan fingerprint density at radius 2 is 1.64 bits per heavy atom. The predicted molar refractivity (Wildman–Crippen MR) is 148 cm³/mol. The van der Waals surface area contributed by atoms with Gasteiger partial charge in [-0.25, -0.2) is 4.79 Å². The summed E-state index contributed by atoms with van der Waals surface area (Å²) in [5.74, 6) is -1.32. The van der Waals surface area contributed by atoms with Crippen molar-refractivity contribution in [1.82, 2.24) is 8.75 Å². The molecule has 6 rings (SSSR count). The van der Waals surface area contributed by atoms with E-state index in [2.05, 4.69) is 8.75 Å². The Hall–Kier alpha value is -4.53. The standard InChI is InChI=1S/C31H24N2O5S/c1-36-28-10-6-5-9-21(28)17-25-29(22-11-16-26-27(18-22)33-39-32-26)30(34)38-31(25,35)23-12-14-24(15-13-23)37-19-20-7-3-2-4-8-20/h2-16,18,35H,17,19H2,1H3. The Kier molecular flexibility index (Phi) is 6.56. The third-order valence-electron chi connectivity index (χ3n) is 6.75. The number of esters is 1. The van der Waals surface area contributed by atoms with E-state index in [-0.39, 0.29) is 6.42 Å². The van der Waals surface area contributed by atoms with Crippen molar-refractivity contribution in [1.29, 1.82) is 0 Å². The molecule has 0 bridgehead atoms. The zero-order chi connectivity index (χ0) is 26.8. The molecule has 7 nitrogen and oxygen atoms in total. The van der Waals surface area contributed by atoms with Gasteiger partial charge in [-0.2, -0.15) is 8.75 Å². The average Bonchev–Trinajstić information content (AvgIpc) is 3.54. The van der Waals surface area contributed by atoms with Gasteiger partial charge in [0.2, 0.25) is 0 Å². The molecule has 0 saturated heterocycles. The summed E-state index contributed by atoms with van der Waals surface area (Å²) in [4.78, 5) is 13.4. The SMILES string of the molecule is COc1ccccc1CC1=C(c2ccc3nsnc3c2)C(=O)OC1(O)c1ccc(OCc2ccccc2)cc1. The van der Waals surface area contributed by atoms with Crippen molar-refractivity contribution in [2.75, 3.05) is 7.11 Å². The third-order valence-corrected chi connectivity index (χ3v) is 7.31. The van der Waals surface area contributed by atoms with Gasteiger partial charge >= 0.3 is 5.97 Å². The van der Waals surface area contributed by atoms with Gasteiger partial charge in [0.15, 0.2) is 0 Å². The van der Waals surface area contributed by atoms with Crippen LogP contribution in [0.4, 0.5) is 0 Å². The maximum Gasteiger partial charge on any atom is 0.342 e. The van der Waals surface area contributed by atoms with Gasteiger partial charge in [0.25, 0.3) is 5.79 Å². The van der Waals surface area contributed by atoms with Crippen LogP contribution in [0, 0.1) is 0 Å². The summed E-state index contributed by atoms with van der Waals surface area (Å²) in [5, 5.41) is 12.0. The molecule has 39 heavy (non-hydrogen) atoms. The van der Waals surface area contributed by atoms with Crippen LogP contribution < -0.4 is 9.47 Å². The second kappa shape index (κ2) is 10.3. The van der Waals surface area contributed by atoms with Crippen molar-refractivity contribution in [3.05, 3.63) is 125 Å². The van der Waals surface area contributed by atoms with E-state index < -0.39 is 11.8 Å². The van der Waals surface area contributed by atoms with E-state index in [1.807, 2.05) is 60.7 Å². The van der Waals surface area contributed by atoms with E-state index in [0.29, 0.717) is 45.9 Å². The first-order valence-corrected chi connectivity index (χ1v) is 13.1. The minimum Gasteiger partial charge on any atom is -0.496 e. The lowest BCUT2D eigenvalue weighted by atomic mass is 9.87. The molecule has 0 amide bonds. The number of para-hydroxylation sites is 1. The zero-order valence-electron chi connectivity index (χ0n) is 21.0. The summed E-state index contributed by atoms with van der Waals surface area (Å²) < 4.78 is 25.8. The maximum atomic E-state index is 13.4. The fourth-order valence-electron chi connectivity index (χ4n) is 4.77. The van der Waals surface area contributed by atoms with Crippen molar-refractivity contribution in [3.8, 4) is 11.5 Å². The number of hydrogen-bond acceptors (Lipinski definition) is 8. The number of cyclic esters (lactones) is 1. The highest BCUT2D eigenvalue weighted by molar-refractivity contribution is 7.00. The third kappa shape index (κ3) is 4.76. The number of hydrogen-bond donors (Lipinski definition) is 1. The lowest BCUT2D eigenvalue weighted by molar-refractivity contribution is -0.185. The number of rotatable bonds is 8. The van der Waals surface area contributed by atoms with Crippen LogP contribution in [-0.4, -0.2) is 26.9 Å². The first kappa shape index (κ1) is 24.8. The van der Waals surface area contributed by atoms with E-state index in [9.17, 15) is 9.90 Å². The van der Waals surface area contributed by atoms with Crippen LogP contribution in [-0.2, 0) is 28.3 Å². The molecule has 1 unspecified atom stereocenters. The lowest BCUT2D eigenvalue weighted by Crippen LogP contribution is -2.29. The maximum absolute atomic E-state index is 13.4. The lowest BCUT2D eigenvalue weighted by Gasteiger charge is -2.26. The van der Waals surface area contributed by atoms with Crippen LogP contribution in [0.3, 0.4) is 0 Å². The molecule has 0 fully saturated rings. The van der Waals surface area contributed by atoms with Gasteiger partial charge in [-0.1, -0.05) is 54.6 Å². The van der Waals surface area contributed by atoms with E-state index >= 15 is 0 Å². The number of ether oxygens (including phenoxy) is 3. The van der Waals surface area contributed by atoms with Crippen LogP contribution in [0.2, 0.25) is 0 Å². The highest BCUT2D eigenvalue weighted by atomic mass is 32.1. The molecular weight excluding hydrogens is 512 g/mol. The molecule has 1 N–H and O–H groups in total. The van der Waals surface area contributed by atoms with Gasteiger partial charge in [0.1, 0.15) is 29.1 Å². The number of carbonyl (C=O) groups is 1. The Bertz CT molecular complexity index is 1680. The molecule has 0 saturated carbocycles. The Balaban J connectivity index is 1.40. The largest absolute Gasteiger partial charge is 0.496 e. The van der Waals surface area contributed by atoms with Gasteiger partial charge in [-0.3, -0.25) is 0 Å². The van der Waals surface area contributed by atoms with E-state index in [4.69, 9.17) is 14.2 Å². The number of aromatic nitrogens is 2. The molecule has 1 aromatic heterocycles. The van der Waals surface area contributed by atoms with Crippen molar-refractivity contribution in [2.45, 2.75) is 18.8 Å². The van der Waals surface area contributed by atoms with Crippen molar-refractivity contribution in [2.24, 2.45) is 0 Å². The summed E-state index contributed by atoms with van der Waals surface area (Å²) in [6.07, 6.45) is 0.223.